The fourth-order valence-corrected chi connectivity index (χ4v) is 3.98. The summed E-state index contributed by atoms with van der Waals surface area (Å²) in [4.78, 5) is 11.2. The van der Waals surface area contributed by atoms with Crippen LogP contribution in [0.3, 0.4) is 0 Å². The number of nitroso groups, excluding NO2 is 1. The molecule has 4 aromatic carbocycles. The van der Waals surface area contributed by atoms with E-state index in [9.17, 15) is 10.2 Å². The molecule has 4 nitrogen and oxygen atoms in total. The van der Waals surface area contributed by atoms with Crippen molar-refractivity contribution in [1.82, 2.24) is 0 Å². The fraction of sp³-hybridized carbons (Fsp3) is 0. The number of hydrogen-bond acceptors (Lipinski definition) is 4. The van der Waals surface area contributed by atoms with Crippen molar-refractivity contribution in [1.29, 1.82) is 5.26 Å². The summed E-state index contributed by atoms with van der Waals surface area (Å²) in [5.74, 6) is 1.97. The van der Waals surface area contributed by atoms with E-state index in [4.69, 9.17) is 4.42 Å². The molecule has 0 bridgehead atoms. The van der Waals surface area contributed by atoms with Crippen LogP contribution >= 0.6 is 0 Å². The summed E-state index contributed by atoms with van der Waals surface area (Å²) >= 11 is 0. The number of furan rings is 1. The Morgan fingerprint density at radius 2 is 1.53 bits per heavy atom. The molecule has 0 radical (unpaired) electrons. The van der Waals surface area contributed by atoms with Gasteiger partial charge in [-0.1, -0.05) is 78.9 Å². The topological polar surface area (TPSA) is 66.4 Å². The molecule has 0 unspecified atom stereocenters. The van der Waals surface area contributed by atoms with E-state index < -0.39 is 6.85 Å². The average molecular weight is 386 g/mol. The maximum atomic E-state index is 11.2. The van der Waals surface area contributed by atoms with Gasteiger partial charge in [0.15, 0.2) is 0 Å². The largest absolute Gasteiger partial charge is 0.483 e. The summed E-state index contributed by atoms with van der Waals surface area (Å²) in [5, 5.41) is 14.0. The Morgan fingerprint density at radius 3 is 2.33 bits per heavy atom. The second kappa shape index (κ2) is 7.34. The zero-order chi connectivity index (χ0) is 20.5. The first-order valence-corrected chi connectivity index (χ1v) is 9.62. The molecular formula is C25H15BN2O2. The predicted octanol–water partition coefficient (Wildman–Crippen LogP) is 5.95. The Kier molecular flexibility index (Phi) is 4.38. The Balaban J connectivity index is 1.74. The van der Waals surface area contributed by atoms with Gasteiger partial charge in [0.1, 0.15) is 11.2 Å². The van der Waals surface area contributed by atoms with Crippen molar-refractivity contribution < 1.29 is 4.42 Å². The molecule has 1 aromatic heterocycles. The normalized spacial score (nSPS) is 10.8. The van der Waals surface area contributed by atoms with Crippen LogP contribution in [0.1, 0.15) is 0 Å². The Morgan fingerprint density at radius 1 is 0.800 bits per heavy atom. The lowest BCUT2D eigenvalue weighted by Gasteiger charge is -2.07. The molecule has 5 heteroatoms. The highest BCUT2D eigenvalue weighted by atomic mass is 16.3. The number of rotatable bonds is 4. The number of para-hydroxylation sites is 1. The van der Waals surface area contributed by atoms with Crippen molar-refractivity contribution >= 4 is 34.2 Å². The molecule has 5 rings (SSSR count). The highest BCUT2D eigenvalue weighted by molar-refractivity contribution is 6.80. The lowest BCUT2D eigenvalue weighted by atomic mass is 9.58. The van der Waals surface area contributed by atoms with Gasteiger partial charge in [-0.2, -0.15) is 4.91 Å². The number of benzene rings is 4. The van der Waals surface area contributed by atoms with Crippen molar-refractivity contribution in [2.45, 2.75) is 0 Å². The monoisotopic (exact) mass is 386 g/mol. The quantitative estimate of drug-likeness (QED) is 0.283. The lowest BCUT2D eigenvalue weighted by molar-refractivity contribution is 0.670. The molecule has 0 aliphatic rings. The van der Waals surface area contributed by atoms with E-state index in [0.717, 1.165) is 38.6 Å². The van der Waals surface area contributed by atoms with Gasteiger partial charge in [-0.3, -0.25) is 0 Å². The van der Waals surface area contributed by atoms with Crippen LogP contribution in [0.25, 0.3) is 44.2 Å². The highest BCUT2D eigenvalue weighted by Gasteiger charge is 2.24. The molecule has 0 spiro atoms. The minimum Gasteiger partial charge on any atom is -0.455 e. The van der Waals surface area contributed by atoms with Crippen LogP contribution in [0, 0.1) is 16.1 Å². The molecule has 0 fully saturated rings. The molecule has 0 amide bonds. The van der Waals surface area contributed by atoms with Gasteiger partial charge in [0.25, 0.3) is 0 Å². The van der Waals surface area contributed by atoms with E-state index in [1.54, 1.807) is 12.1 Å². The summed E-state index contributed by atoms with van der Waals surface area (Å²) < 4.78 is 6.21. The van der Waals surface area contributed by atoms with Gasteiger partial charge >= 0.3 is 6.85 Å². The molecule has 140 valence electrons. The molecule has 0 saturated carbocycles. The summed E-state index contributed by atoms with van der Waals surface area (Å²) in [6.07, 6.45) is 0. The second-order valence-corrected chi connectivity index (χ2v) is 7.09. The smallest absolute Gasteiger partial charge is 0.455 e. The number of nitriles is 1. The third-order valence-electron chi connectivity index (χ3n) is 5.36. The van der Waals surface area contributed by atoms with Gasteiger partial charge in [-0.05, 0) is 34.3 Å². The molecule has 0 N–H and O–H groups in total. The molecule has 30 heavy (non-hydrogen) atoms. The molecule has 0 aliphatic heterocycles. The third kappa shape index (κ3) is 2.87. The molecule has 0 atom stereocenters. The van der Waals surface area contributed by atoms with Gasteiger partial charge in [-0.25, -0.2) is 5.26 Å². The third-order valence-corrected chi connectivity index (χ3v) is 5.36. The molecule has 5 aromatic rings. The standard InChI is InChI=1S/C25H15BN2O2/c27-16-26(28-29)22-13-6-14-23-24(22)21-12-5-11-20(25(21)30-23)19-10-4-9-18(15-19)17-7-2-1-3-8-17/h1-15H. The minimum absolute atomic E-state index is 0.568. The van der Waals surface area contributed by atoms with Crippen molar-refractivity contribution in [2.24, 2.45) is 5.09 Å². The first-order valence-electron chi connectivity index (χ1n) is 9.62. The van der Waals surface area contributed by atoms with Crippen molar-refractivity contribution in [3.63, 3.8) is 0 Å². The van der Waals surface area contributed by atoms with Crippen LogP contribution in [-0.4, -0.2) is 6.85 Å². The summed E-state index contributed by atoms with van der Waals surface area (Å²) in [5.41, 5.74) is 6.20. The zero-order valence-corrected chi connectivity index (χ0v) is 15.9. The van der Waals surface area contributed by atoms with Crippen molar-refractivity contribution in [2.75, 3.05) is 0 Å². The van der Waals surface area contributed by atoms with Gasteiger partial charge < -0.3 is 4.42 Å². The van der Waals surface area contributed by atoms with Crippen LogP contribution in [0.4, 0.5) is 0 Å². The Bertz CT molecular complexity index is 1430. The highest BCUT2D eigenvalue weighted by Crippen LogP contribution is 2.36. The molecule has 0 aliphatic carbocycles. The second-order valence-electron chi connectivity index (χ2n) is 7.09. The number of fused-ring (bicyclic) bond motifs is 3. The first kappa shape index (κ1) is 17.9. The number of nitrogens with zero attached hydrogens (tertiary/aromatic N) is 2. The van der Waals surface area contributed by atoms with Crippen LogP contribution in [0.15, 0.2) is 101 Å². The zero-order valence-electron chi connectivity index (χ0n) is 15.9. The SMILES string of the molecule is N#CB(N=O)c1cccc2oc3c(-c4cccc(-c5ccccc5)c4)cccc3c12. The summed E-state index contributed by atoms with van der Waals surface area (Å²) in [6, 6.07) is 29.9. The van der Waals surface area contributed by atoms with Gasteiger partial charge in [-0.15, -0.1) is 5.09 Å². The maximum absolute atomic E-state index is 11.2. The van der Waals surface area contributed by atoms with E-state index >= 15 is 0 Å². The van der Waals surface area contributed by atoms with E-state index in [-0.39, 0.29) is 0 Å². The Hall–Kier alpha value is -4.17. The number of hydrogen-bond donors (Lipinski definition) is 0. The first-order chi connectivity index (χ1) is 14.8. The fourth-order valence-electron chi connectivity index (χ4n) is 3.98. The molecule has 1 heterocycles. The summed E-state index contributed by atoms with van der Waals surface area (Å²) in [6.45, 7) is -1.07. The van der Waals surface area contributed by atoms with Gasteiger partial charge in [0.05, 0.1) is 0 Å². The van der Waals surface area contributed by atoms with Gasteiger partial charge in [0, 0.05) is 22.3 Å². The molecule has 0 saturated heterocycles. The van der Waals surface area contributed by atoms with E-state index in [1.165, 1.54) is 0 Å². The predicted molar refractivity (Wildman–Crippen MR) is 121 cm³/mol. The van der Waals surface area contributed by atoms with E-state index in [2.05, 4.69) is 35.4 Å². The van der Waals surface area contributed by atoms with Crippen molar-refractivity contribution in [3.8, 4) is 28.2 Å². The summed E-state index contributed by atoms with van der Waals surface area (Å²) in [7, 11) is 0. The van der Waals surface area contributed by atoms with Crippen molar-refractivity contribution in [3.05, 3.63) is 95.9 Å². The van der Waals surface area contributed by atoms with Crippen LogP contribution in [-0.2, 0) is 0 Å². The van der Waals surface area contributed by atoms with Crippen LogP contribution in [0.2, 0.25) is 0 Å². The van der Waals surface area contributed by atoms with E-state index in [0.29, 0.717) is 11.0 Å². The minimum atomic E-state index is -1.07. The van der Waals surface area contributed by atoms with Crippen LogP contribution in [0.5, 0.6) is 0 Å². The van der Waals surface area contributed by atoms with E-state index in [1.807, 2.05) is 54.5 Å². The maximum Gasteiger partial charge on any atom is 0.483 e. The molecular weight excluding hydrogens is 371 g/mol. The average Bonchev–Trinajstić information content (AvgIpc) is 3.20. The van der Waals surface area contributed by atoms with Crippen LogP contribution < -0.4 is 5.46 Å². The van der Waals surface area contributed by atoms with Gasteiger partial charge in [0.2, 0.25) is 0 Å². The Labute approximate surface area is 173 Å². The lowest BCUT2D eigenvalue weighted by Crippen LogP contribution is -2.26.